The maximum absolute atomic E-state index is 12.5. The van der Waals surface area contributed by atoms with E-state index < -0.39 is 11.9 Å². The van der Waals surface area contributed by atoms with E-state index in [1.54, 1.807) is 15.9 Å². The number of aliphatic carboxylic acids is 1. The number of aromatic nitrogens is 1. The van der Waals surface area contributed by atoms with Crippen molar-refractivity contribution in [2.24, 2.45) is 0 Å². The van der Waals surface area contributed by atoms with E-state index in [0.29, 0.717) is 37.4 Å². The van der Waals surface area contributed by atoms with E-state index in [1.807, 2.05) is 18.2 Å². The Bertz CT molecular complexity index is 1000. The van der Waals surface area contributed by atoms with Crippen molar-refractivity contribution in [3.05, 3.63) is 36.0 Å². The SMILES string of the molecule is COc1cc(C(=O)NCC(=O)N2CCN(C(=O)CCC(=O)O)CC2)nc2ccccc12. The van der Waals surface area contributed by atoms with Gasteiger partial charge in [-0.1, -0.05) is 12.1 Å². The number of methoxy groups -OCH3 is 1. The highest BCUT2D eigenvalue weighted by Crippen LogP contribution is 2.24. The van der Waals surface area contributed by atoms with Gasteiger partial charge in [0, 0.05) is 44.1 Å². The summed E-state index contributed by atoms with van der Waals surface area (Å²) in [6.07, 6.45) is -0.265. The molecule has 2 N–H and O–H groups in total. The van der Waals surface area contributed by atoms with Gasteiger partial charge in [-0.05, 0) is 12.1 Å². The molecule has 1 saturated heterocycles. The smallest absolute Gasteiger partial charge is 0.303 e. The summed E-state index contributed by atoms with van der Waals surface area (Å²) < 4.78 is 5.34. The Morgan fingerprint density at radius 3 is 2.32 bits per heavy atom. The maximum atomic E-state index is 12.5. The minimum absolute atomic E-state index is 0.0540. The number of ether oxygens (including phenoxy) is 1. The fourth-order valence-electron chi connectivity index (χ4n) is 3.36. The third-order valence-corrected chi connectivity index (χ3v) is 5.07. The summed E-state index contributed by atoms with van der Waals surface area (Å²) in [5.41, 5.74) is 0.763. The molecule has 0 bridgehead atoms. The summed E-state index contributed by atoms with van der Waals surface area (Å²) in [4.78, 5) is 55.0. The Morgan fingerprint density at radius 2 is 1.68 bits per heavy atom. The van der Waals surface area contributed by atoms with Crippen molar-refractivity contribution in [3.8, 4) is 5.75 Å². The van der Waals surface area contributed by atoms with E-state index in [0.717, 1.165) is 5.39 Å². The number of pyridine rings is 1. The van der Waals surface area contributed by atoms with Crippen LogP contribution in [0.25, 0.3) is 10.9 Å². The summed E-state index contributed by atoms with van der Waals surface area (Å²) in [6.45, 7) is 1.14. The van der Waals surface area contributed by atoms with Crippen molar-refractivity contribution in [3.63, 3.8) is 0 Å². The Labute approximate surface area is 178 Å². The minimum atomic E-state index is -1.02. The number of piperazine rings is 1. The van der Waals surface area contributed by atoms with Crippen LogP contribution in [0.2, 0.25) is 0 Å². The molecule has 1 aliphatic rings. The first-order valence-corrected chi connectivity index (χ1v) is 9.88. The standard InChI is InChI=1S/C21H24N4O6/c1-31-17-12-16(23-15-5-3-2-4-14(15)17)21(30)22-13-19(27)25-10-8-24(9-11-25)18(26)6-7-20(28)29/h2-5,12H,6-11,13H2,1H3,(H,22,30)(H,28,29). The van der Waals surface area contributed by atoms with Crippen molar-refractivity contribution in [1.29, 1.82) is 0 Å². The molecule has 3 amide bonds. The van der Waals surface area contributed by atoms with E-state index in [2.05, 4.69) is 10.3 Å². The van der Waals surface area contributed by atoms with Crippen molar-refractivity contribution < 1.29 is 29.0 Å². The van der Waals surface area contributed by atoms with Crippen LogP contribution in [0.15, 0.2) is 30.3 Å². The molecule has 0 aliphatic carbocycles. The van der Waals surface area contributed by atoms with Crippen LogP contribution in [-0.4, -0.2) is 83.4 Å². The molecule has 0 saturated carbocycles. The molecule has 164 valence electrons. The highest BCUT2D eigenvalue weighted by atomic mass is 16.5. The van der Waals surface area contributed by atoms with E-state index in [9.17, 15) is 19.2 Å². The van der Waals surface area contributed by atoms with Crippen molar-refractivity contribution in [1.82, 2.24) is 20.1 Å². The van der Waals surface area contributed by atoms with Gasteiger partial charge in [0.2, 0.25) is 11.8 Å². The highest BCUT2D eigenvalue weighted by molar-refractivity contribution is 5.98. The lowest BCUT2D eigenvalue weighted by atomic mass is 10.1. The Balaban J connectivity index is 1.52. The molecule has 1 fully saturated rings. The largest absolute Gasteiger partial charge is 0.496 e. The van der Waals surface area contributed by atoms with Crippen LogP contribution in [0, 0.1) is 0 Å². The predicted molar refractivity (Wildman–Crippen MR) is 111 cm³/mol. The number of carbonyl (C=O) groups is 4. The van der Waals surface area contributed by atoms with Crippen LogP contribution in [0.1, 0.15) is 23.3 Å². The third kappa shape index (κ3) is 5.47. The topological polar surface area (TPSA) is 129 Å². The molecule has 1 aliphatic heterocycles. The highest BCUT2D eigenvalue weighted by Gasteiger charge is 2.24. The number of hydrogen-bond donors (Lipinski definition) is 2. The van der Waals surface area contributed by atoms with Crippen molar-refractivity contribution >= 4 is 34.6 Å². The van der Waals surface area contributed by atoms with Gasteiger partial charge in [0.05, 0.1) is 25.6 Å². The average molecular weight is 428 g/mol. The number of nitrogens with zero attached hydrogens (tertiary/aromatic N) is 3. The van der Waals surface area contributed by atoms with Gasteiger partial charge in [-0.15, -0.1) is 0 Å². The average Bonchev–Trinajstić information content (AvgIpc) is 2.79. The summed E-state index contributed by atoms with van der Waals surface area (Å²) in [6, 6.07) is 8.82. The number of carbonyl (C=O) groups excluding carboxylic acids is 3. The molecule has 0 radical (unpaired) electrons. The molecule has 1 aromatic carbocycles. The molecule has 2 heterocycles. The predicted octanol–water partition coefficient (Wildman–Crippen LogP) is 0.509. The lowest BCUT2D eigenvalue weighted by Crippen LogP contribution is -2.52. The lowest BCUT2D eigenvalue weighted by molar-refractivity contribution is -0.142. The second-order valence-corrected chi connectivity index (χ2v) is 7.06. The molecule has 10 nitrogen and oxygen atoms in total. The van der Waals surface area contributed by atoms with Crippen LogP contribution in [-0.2, 0) is 14.4 Å². The lowest BCUT2D eigenvalue weighted by Gasteiger charge is -2.34. The van der Waals surface area contributed by atoms with Gasteiger partial charge >= 0.3 is 5.97 Å². The van der Waals surface area contributed by atoms with E-state index >= 15 is 0 Å². The molecule has 2 aromatic rings. The number of carboxylic acids is 1. The second kappa shape index (κ2) is 9.88. The normalized spacial score (nSPS) is 13.7. The van der Waals surface area contributed by atoms with Crippen molar-refractivity contribution in [2.75, 3.05) is 39.8 Å². The quantitative estimate of drug-likeness (QED) is 0.657. The molecule has 10 heteroatoms. The molecular formula is C21H24N4O6. The number of benzene rings is 1. The number of carboxylic acid groups (broad SMARTS) is 1. The molecule has 3 rings (SSSR count). The zero-order chi connectivity index (χ0) is 22.4. The van der Waals surface area contributed by atoms with Gasteiger partial charge in [0.25, 0.3) is 5.91 Å². The monoisotopic (exact) mass is 428 g/mol. The maximum Gasteiger partial charge on any atom is 0.303 e. The first kappa shape index (κ1) is 22.0. The zero-order valence-electron chi connectivity index (χ0n) is 17.2. The number of nitrogens with one attached hydrogen (secondary N) is 1. The number of para-hydroxylation sites is 1. The van der Waals surface area contributed by atoms with Gasteiger partial charge in [0.1, 0.15) is 11.4 Å². The minimum Gasteiger partial charge on any atom is -0.496 e. The number of amides is 3. The Morgan fingerprint density at radius 1 is 1.03 bits per heavy atom. The first-order chi connectivity index (χ1) is 14.9. The number of hydrogen-bond acceptors (Lipinski definition) is 6. The van der Waals surface area contributed by atoms with Gasteiger partial charge in [-0.3, -0.25) is 19.2 Å². The summed E-state index contributed by atoms with van der Waals surface area (Å²) >= 11 is 0. The molecule has 31 heavy (non-hydrogen) atoms. The summed E-state index contributed by atoms with van der Waals surface area (Å²) in [5, 5.41) is 12.0. The van der Waals surface area contributed by atoms with Crippen LogP contribution >= 0.6 is 0 Å². The Kier molecular flexibility index (Phi) is 7.01. The van der Waals surface area contributed by atoms with E-state index in [1.165, 1.54) is 13.2 Å². The van der Waals surface area contributed by atoms with Gasteiger partial charge < -0.3 is 25.0 Å². The zero-order valence-corrected chi connectivity index (χ0v) is 17.2. The third-order valence-electron chi connectivity index (χ3n) is 5.07. The van der Waals surface area contributed by atoms with E-state index in [-0.39, 0.29) is 36.9 Å². The van der Waals surface area contributed by atoms with Gasteiger partial charge in [-0.25, -0.2) is 4.98 Å². The molecule has 1 aromatic heterocycles. The van der Waals surface area contributed by atoms with Crippen molar-refractivity contribution in [2.45, 2.75) is 12.8 Å². The van der Waals surface area contributed by atoms with E-state index in [4.69, 9.17) is 9.84 Å². The van der Waals surface area contributed by atoms with Gasteiger partial charge in [-0.2, -0.15) is 0 Å². The summed E-state index contributed by atoms with van der Waals surface area (Å²) in [5.74, 6) is -1.49. The van der Waals surface area contributed by atoms with Crippen LogP contribution in [0.4, 0.5) is 0 Å². The molecule has 0 spiro atoms. The fourth-order valence-corrected chi connectivity index (χ4v) is 3.36. The molecule has 0 unspecified atom stereocenters. The van der Waals surface area contributed by atoms with Gasteiger partial charge in [0.15, 0.2) is 0 Å². The first-order valence-electron chi connectivity index (χ1n) is 9.88. The molecular weight excluding hydrogens is 404 g/mol. The van der Waals surface area contributed by atoms with Crippen LogP contribution in [0.5, 0.6) is 5.75 Å². The number of fused-ring (bicyclic) bond motifs is 1. The summed E-state index contributed by atoms with van der Waals surface area (Å²) in [7, 11) is 1.51. The van der Waals surface area contributed by atoms with Crippen LogP contribution in [0.3, 0.4) is 0 Å². The Hall–Kier alpha value is -3.69. The number of rotatable bonds is 7. The fraction of sp³-hybridized carbons (Fsp3) is 0.381. The van der Waals surface area contributed by atoms with Crippen LogP contribution < -0.4 is 10.1 Å². The molecule has 0 atom stereocenters. The second-order valence-electron chi connectivity index (χ2n) is 7.06.